The van der Waals surface area contributed by atoms with Crippen molar-refractivity contribution in [2.75, 3.05) is 13.1 Å². The van der Waals surface area contributed by atoms with Crippen molar-refractivity contribution in [3.05, 3.63) is 27.4 Å². The number of ether oxygens (including phenoxy) is 1. The summed E-state index contributed by atoms with van der Waals surface area (Å²) in [6.45, 7) is 6.20. The van der Waals surface area contributed by atoms with E-state index in [1.54, 1.807) is 20.8 Å². The van der Waals surface area contributed by atoms with Crippen molar-refractivity contribution in [1.29, 1.82) is 0 Å². The Morgan fingerprint density at radius 2 is 2.22 bits per heavy atom. The highest BCUT2D eigenvalue weighted by Crippen LogP contribution is 2.41. The quantitative estimate of drug-likeness (QED) is 0.439. The molecule has 1 aromatic rings. The highest BCUT2D eigenvalue weighted by atomic mass is 19.3. The molecular formula is C17H24F2N6O2. The van der Waals surface area contributed by atoms with Crippen LogP contribution in [0.25, 0.3) is 10.4 Å². The maximum absolute atomic E-state index is 14.9. The maximum Gasteiger partial charge on any atom is 0.410 e. The lowest BCUT2D eigenvalue weighted by atomic mass is 9.98. The predicted molar refractivity (Wildman–Crippen MR) is 93.2 cm³/mol. The van der Waals surface area contributed by atoms with Crippen LogP contribution in [0.2, 0.25) is 0 Å². The number of azide groups is 1. The van der Waals surface area contributed by atoms with Gasteiger partial charge in [-0.2, -0.15) is 13.9 Å². The molecule has 8 nitrogen and oxygen atoms in total. The van der Waals surface area contributed by atoms with Gasteiger partial charge in [0.15, 0.2) is 0 Å². The van der Waals surface area contributed by atoms with Crippen LogP contribution in [0.15, 0.2) is 5.11 Å². The third kappa shape index (κ3) is 4.16. The molecule has 0 radical (unpaired) electrons. The molecule has 3 heterocycles. The average Bonchev–Trinajstić information content (AvgIpc) is 2.87. The summed E-state index contributed by atoms with van der Waals surface area (Å²) in [4.78, 5) is 16.5. The first-order valence-corrected chi connectivity index (χ1v) is 9.06. The fourth-order valence-electron chi connectivity index (χ4n) is 3.59. The summed E-state index contributed by atoms with van der Waals surface area (Å²) in [6.07, 6.45) is -0.180. The molecule has 1 unspecified atom stereocenters. The summed E-state index contributed by atoms with van der Waals surface area (Å²) < 4.78 is 36.5. The number of hydrogen-bond donors (Lipinski definition) is 0. The second-order valence-electron chi connectivity index (χ2n) is 8.13. The van der Waals surface area contributed by atoms with E-state index in [2.05, 4.69) is 15.1 Å². The van der Waals surface area contributed by atoms with Gasteiger partial charge >= 0.3 is 6.09 Å². The van der Waals surface area contributed by atoms with Gasteiger partial charge in [-0.25, -0.2) is 4.79 Å². The van der Waals surface area contributed by atoms with Crippen LogP contribution < -0.4 is 0 Å². The Kier molecular flexibility index (Phi) is 5.03. The highest BCUT2D eigenvalue weighted by molar-refractivity contribution is 5.68. The molecule has 0 saturated carbocycles. The Hall–Kier alpha value is -2.35. The number of carbonyl (C=O) groups is 1. The van der Waals surface area contributed by atoms with Gasteiger partial charge in [0.2, 0.25) is 0 Å². The number of hydrogen-bond acceptors (Lipinski definition) is 4. The van der Waals surface area contributed by atoms with Crippen molar-refractivity contribution < 1.29 is 18.3 Å². The lowest BCUT2D eigenvalue weighted by Gasteiger charge is -2.30. The molecule has 0 N–H and O–H groups in total. The summed E-state index contributed by atoms with van der Waals surface area (Å²) in [7, 11) is 0. The Morgan fingerprint density at radius 3 is 2.89 bits per heavy atom. The molecule has 0 bridgehead atoms. The largest absolute Gasteiger partial charge is 0.444 e. The van der Waals surface area contributed by atoms with Crippen molar-refractivity contribution in [2.24, 2.45) is 11.0 Å². The second kappa shape index (κ2) is 6.99. The molecule has 0 aliphatic carbocycles. The van der Waals surface area contributed by atoms with Crippen molar-refractivity contribution in [2.45, 2.75) is 64.6 Å². The summed E-state index contributed by atoms with van der Waals surface area (Å²) in [6, 6.07) is 0. The number of fused-ring (bicyclic) bond motifs is 3. The zero-order valence-corrected chi connectivity index (χ0v) is 15.8. The molecule has 1 amide bonds. The molecule has 10 heteroatoms. The molecule has 2 aliphatic rings. The van der Waals surface area contributed by atoms with E-state index in [-0.39, 0.29) is 44.1 Å². The Balaban J connectivity index is 1.88. The monoisotopic (exact) mass is 382 g/mol. The molecular weight excluding hydrogens is 358 g/mol. The SMILES string of the molecule is CC(C)(C)OC(=O)N1CCc2nn3c(c2C1)C(F)(F)CCC(CN=[N+]=[N-])C3. The van der Waals surface area contributed by atoms with Gasteiger partial charge in [0.1, 0.15) is 11.3 Å². The van der Waals surface area contributed by atoms with Crippen LogP contribution in [0.1, 0.15) is 50.6 Å². The molecule has 27 heavy (non-hydrogen) atoms. The minimum Gasteiger partial charge on any atom is -0.444 e. The van der Waals surface area contributed by atoms with Crippen LogP contribution in [0.3, 0.4) is 0 Å². The number of halogens is 2. The summed E-state index contributed by atoms with van der Waals surface area (Å²) in [5, 5.41) is 7.93. The molecule has 0 aromatic carbocycles. The smallest absolute Gasteiger partial charge is 0.410 e. The average molecular weight is 382 g/mol. The summed E-state index contributed by atoms with van der Waals surface area (Å²) in [5.74, 6) is -3.22. The van der Waals surface area contributed by atoms with Gasteiger partial charge in [0.05, 0.1) is 12.2 Å². The van der Waals surface area contributed by atoms with Gasteiger partial charge in [-0.15, -0.1) is 0 Å². The first-order valence-electron chi connectivity index (χ1n) is 9.06. The van der Waals surface area contributed by atoms with Crippen LogP contribution in [0, 0.1) is 5.92 Å². The summed E-state index contributed by atoms with van der Waals surface area (Å²) in [5.41, 5.74) is 8.76. The topological polar surface area (TPSA) is 96.1 Å². The van der Waals surface area contributed by atoms with E-state index in [0.29, 0.717) is 24.2 Å². The van der Waals surface area contributed by atoms with Crippen molar-refractivity contribution in [1.82, 2.24) is 14.7 Å². The Bertz CT molecular complexity index is 779. The van der Waals surface area contributed by atoms with Crippen LogP contribution >= 0.6 is 0 Å². The predicted octanol–water partition coefficient (Wildman–Crippen LogP) is 3.99. The molecule has 148 valence electrons. The Labute approximate surface area is 156 Å². The van der Waals surface area contributed by atoms with E-state index < -0.39 is 17.6 Å². The van der Waals surface area contributed by atoms with Crippen LogP contribution in [-0.4, -0.2) is 39.5 Å². The van der Waals surface area contributed by atoms with Crippen molar-refractivity contribution >= 4 is 6.09 Å². The van der Waals surface area contributed by atoms with Gasteiger partial charge in [0, 0.05) is 43.0 Å². The minimum atomic E-state index is -3.04. The second-order valence-corrected chi connectivity index (χ2v) is 8.13. The molecule has 1 atom stereocenters. The molecule has 0 spiro atoms. The summed E-state index contributed by atoms with van der Waals surface area (Å²) >= 11 is 0. The zero-order chi connectivity index (χ0) is 19.8. The van der Waals surface area contributed by atoms with Gasteiger partial charge in [-0.05, 0) is 38.6 Å². The molecule has 3 rings (SSSR count). The maximum atomic E-state index is 14.9. The lowest BCUT2D eigenvalue weighted by Crippen LogP contribution is -2.40. The lowest BCUT2D eigenvalue weighted by molar-refractivity contribution is -0.0224. The van der Waals surface area contributed by atoms with E-state index >= 15 is 0 Å². The number of nitrogens with zero attached hydrogens (tertiary/aromatic N) is 6. The highest BCUT2D eigenvalue weighted by Gasteiger charge is 2.44. The third-order valence-corrected chi connectivity index (χ3v) is 4.80. The number of amides is 1. The van der Waals surface area contributed by atoms with E-state index in [4.69, 9.17) is 10.3 Å². The molecule has 0 fully saturated rings. The minimum absolute atomic E-state index is 0.0657. The van der Waals surface area contributed by atoms with Crippen LogP contribution in [0.5, 0.6) is 0 Å². The van der Waals surface area contributed by atoms with Gasteiger partial charge in [-0.3, -0.25) is 4.68 Å². The fourth-order valence-corrected chi connectivity index (χ4v) is 3.59. The number of carbonyl (C=O) groups excluding carboxylic acids is 1. The van der Waals surface area contributed by atoms with E-state index in [9.17, 15) is 13.6 Å². The van der Waals surface area contributed by atoms with E-state index in [0.717, 1.165) is 0 Å². The number of rotatable bonds is 2. The standard InChI is InChI=1S/C17H24F2N6O2/c1-16(2,3)27-15(26)24-7-5-13-12(10-24)14-17(18,19)6-4-11(8-21-23-20)9-25(14)22-13/h11H,4-10H2,1-3H3. The van der Waals surface area contributed by atoms with E-state index in [1.807, 2.05) is 0 Å². The van der Waals surface area contributed by atoms with Crippen molar-refractivity contribution in [3.8, 4) is 0 Å². The number of aromatic nitrogens is 2. The van der Waals surface area contributed by atoms with Gasteiger partial charge < -0.3 is 9.64 Å². The third-order valence-electron chi connectivity index (χ3n) is 4.80. The molecule has 2 aliphatic heterocycles. The fraction of sp³-hybridized carbons (Fsp3) is 0.765. The zero-order valence-electron chi connectivity index (χ0n) is 15.8. The molecule has 1 aromatic heterocycles. The van der Waals surface area contributed by atoms with Gasteiger partial charge in [-0.1, -0.05) is 5.11 Å². The number of alkyl halides is 2. The Morgan fingerprint density at radius 1 is 1.48 bits per heavy atom. The molecule has 0 saturated heterocycles. The van der Waals surface area contributed by atoms with E-state index in [1.165, 1.54) is 9.58 Å². The van der Waals surface area contributed by atoms with Gasteiger partial charge in [0.25, 0.3) is 5.92 Å². The normalized spacial score (nSPS) is 21.5. The first-order chi connectivity index (χ1) is 12.6. The van der Waals surface area contributed by atoms with Crippen molar-refractivity contribution in [3.63, 3.8) is 0 Å². The first kappa shape index (κ1) is 19.4. The van der Waals surface area contributed by atoms with Crippen LogP contribution in [0.4, 0.5) is 13.6 Å². The van der Waals surface area contributed by atoms with Crippen LogP contribution in [-0.2, 0) is 30.2 Å².